The van der Waals surface area contributed by atoms with Crippen molar-refractivity contribution < 1.29 is 5.11 Å². The summed E-state index contributed by atoms with van der Waals surface area (Å²) in [6, 6.07) is 7.31. The summed E-state index contributed by atoms with van der Waals surface area (Å²) in [5, 5.41) is 16.8. The smallest absolute Gasteiger partial charge is 0.137 e. The molecule has 84 valence electrons. The molecule has 0 saturated heterocycles. The van der Waals surface area contributed by atoms with Crippen LogP contribution in [0.15, 0.2) is 36.9 Å². The van der Waals surface area contributed by atoms with Gasteiger partial charge >= 0.3 is 0 Å². The van der Waals surface area contributed by atoms with Crippen molar-refractivity contribution in [2.45, 2.75) is 13.1 Å². The molecular weight excluding hydrogens is 204 g/mol. The fourth-order valence-corrected chi connectivity index (χ4v) is 1.43. The molecule has 2 aromatic rings. The Morgan fingerprint density at radius 1 is 1.31 bits per heavy atom. The standard InChI is InChI=1S/C11H14N4O/c16-11-4-2-1-3-10(11)7-12-5-6-15-9-13-8-14-15/h1-4,8-9,12,16H,5-7H2. The number of nitrogens with one attached hydrogen (secondary N) is 1. The van der Waals surface area contributed by atoms with Gasteiger partial charge in [0.25, 0.3) is 0 Å². The summed E-state index contributed by atoms with van der Waals surface area (Å²) in [5.74, 6) is 0.329. The van der Waals surface area contributed by atoms with E-state index in [0.717, 1.165) is 18.7 Å². The van der Waals surface area contributed by atoms with Crippen LogP contribution in [-0.2, 0) is 13.1 Å². The summed E-state index contributed by atoms with van der Waals surface area (Å²) >= 11 is 0. The lowest BCUT2D eigenvalue weighted by atomic mass is 10.2. The molecule has 0 aliphatic heterocycles. The first-order valence-corrected chi connectivity index (χ1v) is 5.16. The van der Waals surface area contributed by atoms with Crippen LogP contribution < -0.4 is 5.32 Å². The van der Waals surface area contributed by atoms with Crippen LogP contribution in [0.25, 0.3) is 0 Å². The van der Waals surface area contributed by atoms with Gasteiger partial charge in [0.2, 0.25) is 0 Å². The summed E-state index contributed by atoms with van der Waals surface area (Å²) < 4.78 is 1.76. The minimum absolute atomic E-state index is 0.329. The van der Waals surface area contributed by atoms with Gasteiger partial charge in [-0.25, -0.2) is 4.98 Å². The number of hydrogen-bond acceptors (Lipinski definition) is 4. The van der Waals surface area contributed by atoms with E-state index in [1.54, 1.807) is 17.1 Å². The van der Waals surface area contributed by atoms with Crippen LogP contribution in [0, 0.1) is 0 Å². The molecule has 0 unspecified atom stereocenters. The van der Waals surface area contributed by atoms with Crippen LogP contribution in [-0.4, -0.2) is 26.4 Å². The van der Waals surface area contributed by atoms with E-state index < -0.39 is 0 Å². The maximum atomic E-state index is 9.53. The molecule has 2 N–H and O–H groups in total. The van der Waals surface area contributed by atoms with Gasteiger partial charge in [-0.1, -0.05) is 18.2 Å². The van der Waals surface area contributed by atoms with Gasteiger partial charge in [0.15, 0.2) is 0 Å². The SMILES string of the molecule is Oc1ccccc1CNCCn1cncn1. The van der Waals surface area contributed by atoms with E-state index in [-0.39, 0.29) is 0 Å². The molecule has 5 heteroatoms. The number of phenols is 1. The van der Waals surface area contributed by atoms with Crippen molar-refractivity contribution >= 4 is 0 Å². The predicted molar refractivity (Wildman–Crippen MR) is 59.8 cm³/mol. The zero-order valence-electron chi connectivity index (χ0n) is 8.87. The summed E-state index contributed by atoms with van der Waals surface area (Å²) in [4.78, 5) is 3.86. The minimum atomic E-state index is 0.329. The molecule has 0 atom stereocenters. The molecule has 2 rings (SSSR count). The molecule has 16 heavy (non-hydrogen) atoms. The number of para-hydroxylation sites is 1. The topological polar surface area (TPSA) is 63.0 Å². The van der Waals surface area contributed by atoms with Crippen LogP contribution in [0.5, 0.6) is 5.75 Å². The van der Waals surface area contributed by atoms with Gasteiger partial charge in [0, 0.05) is 18.7 Å². The van der Waals surface area contributed by atoms with Crippen LogP contribution in [0.3, 0.4) is 0 Å². The molecule has 0 radical (unpaired) electrons. The van der Waals surface area contributed by atoms with Crippen molar-refractivity contribution in [3.63, 3.8) is 0 Å². The van der Waals surface area contributed by atoms with Crippen molar-refractivity contribution in [1.29, 1.82) is 0 Å². The number of phenolic OH excluding ortho intramolecular Hbond substituents is 1. The molecule has 0 saturated carbocycles. The Morgan fingerprint density at radius 3 is 2.94 bits per heavy atom. The lowest BCUT2D eigenvalue weighted by Crippen LogP contribution is -2.19. The molecule has 0 aliphatic carbocycles. The van der Waals surface area contributed by atoms with Crippen molar-refractivity contribution in [3.8, 4) is 5.75 Å². The van der Waals surface area contributed by atoms with Crippen molar-refractivity contribution in [1.82, 2.24) is 20.1 Å². The van der Waals surface area contributed by atoms with Gasteiger partial charge in [-0.15, -0.1) is 0 Å². The molecule has 1 aromatic heterocycles. The second kappa shape index (κ2) is 5.27. The third-order valence-electron chi connectivity index (χ3n) is 2.29. The van der Waals surface area contributed by atoms with E-state index >= 15 is 0 Å². The summed E-state index contributed by atoms with van der Waals surface area (Å²) in [7, 11) is 0. The van der Waals surface area contributed by atoms with Gasteiger partial charge in [-0.2, -0.15) is 5.10 Å². The zero-order chi connectivity index (χ0) is 11.2. The maximum absolute atomic E-state index is 9.53. The lowest BCUT2D eigenvalue weighted by molar-refractivity contribution is 0.462. The Bertz CT molecular complexity index is 427. The van der Waals surface area contributed by atoms with E-state index in [4.69, 9.17) is 0 Å². The van der Waals surface area contributed by atoms with E-state index in [1.165, 1.54) is 6.33 Å². The molecule has 1 heterocycles. The minimum Gasteiger partial charge on any atom is -0.508 e. The number of aromatic nitrogens is 3. The molecule has 0 fully saturated rings. The van der Waals surface area contributed by atoms with E-state index in [1.807, 2.05) is 18.2 Å². The molecule has 0 bridgehead atoms. The molecule has 0 spiro atoms. The Kier molecular flexibility index (Phi) is 3.50. The average molecular weight is 218 g/mol. The molecule has 0 amide bonds. The normalized spacial score (nSPS) is 10.5. The van der Waals surface area contributed by atoms with Crippen molar-refractivity contribution in [2.75, 3.05) is 6.54 Å². The first-order chi connectivity index (χ1) is 7.86. The van der Waals surface area contributed by atoms with E-state index in [2.05, 4.69) is 15.4 Å². The number of nitrogens with zero attached hydrogens (tertiary/aromatic N) is 3. The highest BCUT2D eigenvalue weighted by Crippen LogP contribution is 2.14. The molecule has 0 aliphatic rings. The number of hydrogen-bond donors (Lipinski definition) is 2. The highest BCUT2D eigenvalue weighted by molar-refractivity contribution is 5.31. The Labute approximate surface area is 93.8 Å². The van der Waals surface area contributed by atoms with Gasteiger partial charge < -0.3 is 10.4 Å². The van der Waals surface area contributed by atoms with Crippen molar-refractivity contribution in [2.24, 2.45) is 0 Å². The van der Waals surface area contributed by atoms with Gasteiger partial charge in [-0.3, -0.25) is 4.68 Å². The van der Waals surface area contributed by atoms with Gasteiger partial charge in [0.1, 0.15) is 18.4 Å². The third kappa shape index (κ3) is 2.80. The Hall–Kier alpha value is -1.88. The fraction of sp³-hybridized carbons (Fsp3) is 0.273. The third-order valence-corrected chi connectivity index (χ3v) is 2.29. The quantitative estimate of drug-likeness (QED) is 0.728. The van der Waals surface area contributed by atoms with Crippen molar-refractivity contribution in [3.05, 3.63) is 42.5 Å². The summed E-state index contributed by atoms with van der Waals surface area (Å²) in [6.07, 6.45) is 3.20. The second-order valence-corrected chi connectivity index (χ2v) is 3.46. The van der Waals surface area contributed by atoms with Crippen LogP contribution >= 0.6 is 0 Å². The van der Waals surface area contributed by atoms with Gasteiger partial charge in [-0.05, 0) is 6.07 Å². The first kappa shape index (κ1) is 10.6. The largest absolute Gasteiger partial charge is 0.508 e. The van der Waals surface area contributed by atoms with Crippen LogP contribution in [0.1, 0.15) is 5.56 Å². The molecular formula is C11H14N4O. The number of rotatable bonds is 5. The van der Waals surface area contributed by atoms with Crippen LogP contribution in [0.2, 0.25) is 0 Å². The van der Waals surface area contributed by atoms with E-state index in [9.17, 15) is 5.11 Å². The highest BCUT2D eigenvalue weighted by atomic mass is 16.3. The monoisotopic (exact) mass is 218 g/mol. The molecule has 5 nitrogen and oxygen atoms in total. The average Bonchev–Trinajstić information content (AvgIpc) is 2.79. The predicted octanol–water partition coefficient (Wildman–Crippen LogP) is 0.774. The molecule has 1 aromatic carbocycles. The number of aromatic hydroxyl groups is 1. The van der Waals surface area contributed by atoms with Gasteiger partial charge in [0.05, 0.1) is 6.54 Å². The maximum Gasteiger partial charge on any atom is 0.137 e. The number of benzene rings is 1. The zero-order valence-corrected chi connectivity index (χ0v) is 8.87. The highest BCUT2D eigenvalue weighted by Gasteiger charge is 1.98. The lowest BCUT2D eigenvalue weighted by Gasteiger charge is -2.06. The van der Waals surface area contributed by atoms with Crippen LogP contribution in [0.4, 0.5) is 0 Å². The van der Waals surface area contributed by atoms with E-state index in [0.29, 0.717) is 12.3 Å². The first-order valence-electron chi connectivity index (χ1n) is 5.16. The Balaban J connectivity index is 1.74. The second-order valence-electron chi connectivity index (χ2n) is 3.46. The fourth-order valence-electron chi connectivity index (χ4n) is 1.43. The summed E-state index contributed by atoms with van der Waals surface area (Å²) in [5.41, 5.74) is 0.904. The Morgan fingerprint density at radius 2 is 2.19 bits per heavy atom. The summed E-state index contributed by atoms with van der Waals surface area (Å²) in [6.45, 7) is 2.21.